The minimum Gasteiger partial charge on any atom is -0.348 e. The minimum absolute atomic E-state index is 0.102. The zero-order valence-electron chi connectivity index (χ0n) is 12.9. The van der Waals surface area contributed by atoms with Gasteiger partial charge < -0.3 is 10.6 Å². The van der Waals surface area contributed by atoms with Gasteiger partial charge in [0.15, 0.2) is 0 Å². The van der Waals surface area contributed by atoms with Crippen molar-refractivity contribution in [3.63, 3.8) is 0 Å². The smallest absolute Gasteiger partial charge is 0.261 e. The number of hydrogen-bond donors (Lipinski definition) is 2. The fourth-order valence-corrected chi connectivity index (χ4v) is 2.86. The molecule has 5 heteroatoms. The quantitative estimate of drug-likeness (QED) is 0.890. The number of carbonyl (C=O) groups is 2. The SMILES string of the molecule is Cc1ccccc1C(C)NC(=O)C(C)NC(=O)c1cccs1. The Morgan fingerprint density at radius 1 is 1.05 bits per heavy atom. The number of aryl methyl sites for hydroxylation is 1. The molecular weight excluding hydrogens is 296 g/mol. The number of carbonyl (C=O) groups excluding carboxylic acids is 2. The monoisotopic (exact) mass is 316 g/mol. The summed E-state index contributed by atoms with van der Waals surface area (Å²) in [5.74, 6) is -0.415. The van der Waals surface area contributed by atoms with E-state index in [1.807, 2.05) is 49.6 Å². The van der Waals surface area contributed by atoms with Gasteiger partial charge >= 0.3 is 0 Å². The summed E-state index contributed by atoms with van der Waals surface area (Å²) in [5.41, 5.74) is 2.21. The highest BCUT2D eigenvalue weighted by Gasteiger charge is 2.19. The molecule has 0 spiro atoms. The van der Waals surface area contributed by atoms with Gasteiger partial charge in [-0.15, -0.1) is 11.3 Å². The molecule has 2 amide bonds. The molecule has 2 N–H and O–H groups in total. The van der Waals surface area contributed by atoms with E-state index in [0.29, 0.717) is 4.88 Å². The van der Waals surface area contributed by atoms with Crippen molar-refractivity contribution >= 4 is 23.2 Å². The van der Waals surface area contributed by atoms with Crippen LogP contribution in [0.15, 0.2) is 41.8 Å². The number of thiophene rings is 1. The Labute approximate surface area is 134 Å². The summed E-state index contributed by atoms with van der Waals surface area (Å²) in [4.78, 5) is 24.8. The van der Waals surface area contributed by atoms with Crippen molar-refractivity contribution in [2.45, 2.75) is 32.9 Å². The van der Waals surface area contributed by atoms with E-state index in [9.17, 15) is 9.59 Å². The van der Waals surface area contributed by atoms with E-state index in [1.54, 1.807) is 13.0 Å². The lowest BCUT2D eigenvalue weighted by molar-refractivity contribution is -0.123. The van der Waals surface area contributed by atoms with Gasteiger partial charge in [0.1, 0.15) is 6.04 Å². The van der Waals surface area contributed by atoms with E-state index < -0.39 is 6.04 Å². The molecule has 2 rings (SSSR count). The Bertz CT molecular complexity index is 652. The summed E-state index contributed by atoms with van der Waals surface area (Å²) < 4.78 is 0. The fraction of sp³-hybridized carbons (Fsp3) is 0.294. The first-order valence-electron chi connectivity index (χ1n) is 7.19. The van der Waals surface area contributed by atoms with Crippen LogP contribution in [0.25, 0.3) is 0 Å². The molecule has 1 aromatic carbocycles. The number of nitrogens with one attached hydrogen (secondary N) is 2. The first-order valence-corrected chi connectivity index (χ1v) is 8.07. The highest BCUT2D eigenvalue weighted by molar-refractivity contribution is 7.12. The van der Waals surface area contributed by atoms with Gasteiger partial charge in [-0.25, -0.2) is 0 Å². The molecule has 0 aliphatic rings. The summed E-state index contributed by atoms with van der Waals surface area (Å²) >= 11 is 1.35. The predicted molar refractivity (Wildman–Crippen MR) is 89.0 cm³/mol. The second kappa shape index (κ2) is 7.22. The number of amides is 2. The van der Waals surface area contributed by atoms with Crippen molar-refractivity contribution in [1.29, 1.82) is 0 Å². The van der Waals surface area contributed by atoms with Gasteiger partial charge in [0.25, 0.3) is 5.91 Å². The average Bonchev–Trinajstić information content (AvgIpc) is 3.01. The van der Waals surface area contributed by atoms with Crippen LogP contribution >= 0.6 is 11.3 Å². The van der Waals surface area contributed by atoms with Gasteiger partial charge in [-0.2, -0.15) is 0 Å². The first-order chi connectivity index (χ1) is 10.5. The van der Waals surface area contributed by atoms with Crippen molar-refractivity contribution in [2.75, 3.05) is 0 Å². The van der Waals surface area contributed by atoms with Crippen LogP contribution in [0.3, 0.4) is 0 Å². The Morgan fingerprint density at radius 3 is 2.41 bits per heavy atom. The summed E-state index contributed by atoms with van der Waals surface area (Å²) in [6.45, 7) is 5.64. The average molecular weight is 316 g/mol. The van der Waals surface area contributed by atoms with Crippen molar-refractivity contribution < 1.29 is 9.59 Å². The summed E-state index contributed by atoms with van der Waals surface area (Å²) in [7, 11) is 0. The van der Waals surface area contributed by atoms with Crippen LogP contribution in [0.2, 0.25) is 0 Å². The molecule has 0 aliphatic carbocycles. The molecule has 4 nitrogen and oxygen atoms in total. The van der Waals surface area contributed by atoms with E-state index in [-0.39, 0.29) is 17.9 Å². The van der Waals surface area contributed by atoms with Gasteiger partial charge in [-0.1, -0.05) is 30.3 Å². The molecule has 0 saturated carbocycles. The fourth-order valence-electron chi connectivity index (χ4n) is 2.23. The van der Waals surface area contributed by atoms with E-state index in [1.165, 1.54) is 11.3 Å². The number of rotatable bonds is 5. The summed E-state index contributed by atoms with van der Waals surface area (Å²) in [6.07, 6.45) is 0. The third kappa shape index (κ3) is 3.95. The van der Waals surface area contributed by atoms with Crippen LogP contribution in [-0.2, 0) is 4.79 Å². The highest BCUT2D eigenvalue weighted by atomic mass is 32.1. The maximum atomic E-state index is 12.2. The Balaban J connectivity index is 1.94. The van der Waals surface area contributed by atoms with Crippen molar-refractivity contribution in [3.05, 3.63) is 57.8 Å². The minimum atomic E-state index is -0.582. The molecule has 116 valence electrons. The van der Waals surface area contributed by atoms with Crippen molar-refractivity contribution in [2.24, 2.45) is 0 Å². The molecule has 0 radical (unpaired) electrons. The lowest BCUT2D eigenvalue weighted by Gasteiger charge is -2.20. The first kappa shape index (κ1) is 16.2. The Kier molecular flexibility index (Phi) is 5.33. The van der Waals surface area contributed by atoms with Crippen molar-refractivity contribution in [3.8, 4) is 0 Å². The van der Waals surface area contributed by atoms with Crippen LogP contribution in [-0.4, -0.2) is 17.9 Å². The standard InChI is InChI=1S/C17H20N2O2S/c1-11-7-4-5-8-14(11)12(2)18-16(20)13(3)19-17(21)15-9-6-10-22-15/h4-10,12-13H,1-3H3,(H,18,20)(H,19,21). The van der Waals surface area contributed by atoms with Gasteiger partial charge in [0.05, 0.1) is 10.9 Å². The molecule has 0 aliphatic heterocycles. The maximum absolute atomic E-state index is 12.2. The van der Waals surface area contributed by atoms with Crippen LogP contribution < -0.4 is 10.6 Å². The normalized spacial score (nSPS) is 13.2. The highest BCUT2D eigenvalue weighted by Crippen LogP contribution is 2.16. The third-order valence-electron chi connectivity index (χ3n) is 3.50. The Hall–Kier alpha value is -2.14. The zero-order chi connectivity index (χ0) is 16.1. The summed E-state index contributed by atoms with van der Waals surface area (Å²) in [6, 6.07) is 10.8. The number of benzene rings is 1. The predicted octanol–water partition coefficient (Wildman–Crippen LogP) is 3.05. The molecule has 1 aromatic heterocycles. The molecule has 0 bridgehead atoms. The van der Waals surface area contributed by atoms with Gasteiger partial charge in [-0.05, 0) is 43.3 Å². The molecule has 2 atom stereocenters. The largest absolute Gasteiger partial charge is 0.348 e. The second-order valence-electron chi connectivity index (χ2n) is 5.26. The van der Waals surface area contributed by atoms with Crippen LogP contribution in [0.5, 0.6) is 0 Å². The lowest BCUT2D eigenvalue weighted by Crippen LogP contribution is -2.45. The molecular formula is C17H20N2O2S. The van der Waals surface area contributed by atoms with Crippen LogP contribution in [0, 0.1) is 6.92 Å². The van der Waals surface area contributed by atoms with E-state index in [4.69, 9.17) is 0 Å². The van der Waals surface area contributed by atoms with E-state index >= 15 is 0 Å². The number of hydrogen-bond acceptors (Lipinski definition) is 3. The topological polar surface area (TPSA) is 58.2 Å². The second-order valence-corrected chi connectivity index (χ2v) is 6.21. The van der Waals surface area contributed by atoms with E-state index in [0.717, 1.165) is 11.1 Å². The molecule has 22 heavy (non-hydrogen) atoms. The lowest BCUT2D eigenvalue weighted by atomic mass is 10.0. The van der Waals surface area contributed by atoms with Crippen molar-refractivity contribution in [1.82, 2.24) is 10.6 Å². The van der Waals surface area contributed by atoms with Gasteiger partial charge in [-0.3, -0.25) is 9.59 Å². The van der Waals surface area contributed by atoms with Gasteiger partial charge in [0.2, 0.25) is 5.91 Å². The Morgan fingerprint density at radius 2 is 1.77 bits per heavy atom. The molecule has 0 saturated heterocycles. The van der Waals surface area contributed by atoms with E-state index in [2.05, 4.69) is 10.6 Å². The molecule has 2 aromatic rings. The molecule has 0 fully saturated rings. The van der Waals surface area contributed by atoms with Crippen LogP contribution in [0.4, 0.5) is 0 Å². The van der Waals surface area contributed by atoms with Crippen LogP contribution in [0.1, 0.15) is 40.7 Å². The summed E-state index contributed by atoms with van der Waals surface area (Å²) in [5, 5.41) is 7.48. The molecule has 1 heterocycles. The van der Waals surface area contributed by atoms with Gasteiger partial charge in [0, 0.05) is 0 Å². The maximum Gasteiger partial charge on any atom is 0.261 e. The third-order valence-corrected chi connectivity index (χ3v) is 4.37. The zero-order valence-corrected chi connectivity index (χ0v) is 13.7. The molecule has 2 unspecified atom stereocenters.